The van der Waals surface area contributed by atoms with Crippen LogP contribution in [0.5, 0.6) is 11.5 Å². The van der Waals surface area contributed by atoms with Gasteiger partial charge in [0.2, 0.25) is 6.79 Å². The topological polar surface area (TPSA) is 95.2 Å². The Hall–Kier alpha value is -3.70. The smallest absolute Gasteiger partial charge is 0.410 e. The van der Waals surface area contributed by atoms with E-state index in [0.29, 0.717) is 17.1 Å². The van der Waals surface area contributed by atoms with Crippen LogP contribution in [0.4, 0.5) is 19.0 Å². The summed E-state index contributed by atoms with van der Waals surface area (Å²) in [6.07, 6.45) is -3.20. The number of halogens is 3. The minimum absolute atomic E-state index is 0.0753. The molecule has 2 aromatic heterocycles. The van der Waals surface area contributed by atoms with Gasteiger partial charge in [-0.3, -0.25) is 9.48 Å². The highest BCUT2D eigenvalue weighted by Gasteiger charge is 2.47. The molecule has 2 atom stereocenters. The van der Waals surface area contributed by atoms with E-state index >= 15 is 0 Å². The molecule has 0 saturated carbocycles. The van der Waals surface area contributed by atoms with Crippen LogP contribution in [0.15, 0.2) is 30.5 Å². The first-order valence-corrected chi connectivity index (χ1v) is 10.3. The molecular formula is C21H21F3N6O3. The molecule has 2 aliphatic heterocycles. The zero-order chi connectivity index (χ0) is 23.3. The molecule has 2 aliphatic rings. The van der Waals surface area contributed by atoms with Crippen molar-refractivity contribution in [3.63, 3.8) is 0 Å². The highest BCUT2D eigenvalue weighted by Crippen LogP contribution is 2.45. The summed E-state index contributed by atoms with van der Waals surface area (Å²) in [5.41, 5.74) is 2.22. The van der Waals surface area contributed by atoms with Gasteiger partial charge < -0.3 is 20.1 Å². The molecule has 5 rings (SSSR count). The van der Waals surface area contributed by atoms with Gasteiger partial charge in [-0.1, -0.05) is 6.07 Å². The van der Waals surface area contributed by atoms with E-state index in [0.717, 1.165) is 15.9 Å². The number of ether oxygens (including phenoxy) is 2. The Morgan fingerprint density at radius 1 is 1.27 bits per heavy atom. The number of carbonyl (C=O) groups is 1. The van der Waals surface area contributed by atoms with Gasteiger partial charge in [-0.25, -0.2) is 4.68 Å². The van der Waals surface area contributed by atoms with Crippen LogP contribution in [0.3, 0.4) is 0 Å². The molecule has 0 fully saturated rings. The van der Waals surface area contributed by atoms with Crippen molar-refractivity contribution >= 4 is 11.7 Å². The summed E-state index contributed by atoms with van der Waals surface area (Å²) in [6.45, 7) is 2.13. The largest absolute Gasteiger partial charge is 0.454 e. The SMILES string of the molecule is Cc1c(CNC(=O)c2cc3n(n2)[C@@H](C(F)(F)F)C[C@@H](c2ccc4c(c2)OCO4)N3)cnn1C. The number of nitrogens with zero attached hydrogens (tertiary/aromatic N) is 4. The first-order valence-electron chi connectivity index (χ1n) is 10.3. The molecule has 0 bridgehead atoms. The molecule has 1 amide bonds. The van der Waals surface area contributed by atoms with Crippen LogP contribution >= 0.6 is 0 Å². The van der Waals surface area contributed by atoms with Crippen molar-refractivity contribution in [1.82, 2.24) is 24.9 Å². The van der Waals surface area contributed by atoms with Gasteiger partial charge in [0.15, 0.2) is 23.2 Å². The minimum Gasteiger partial charge on any atom is -0.454 e. The molecule has 9 nitrogen and oxygen atoms in total. The fourth-order valence-electron chi connectivity index (χ4n) is 4.02. The number of aromatic nitrogens is 4. The zero-order valence-corrected chi connectivity index (χ0v) is 17.8. The predicted octanol–water partition coefficient (Wildman–Crippen LogP) is 3.24. The van der Waals surface area contributed by atoms with Crippen molar-refractivity contribution < 1.29 is 27.4 Å². The third-order valence-electron chi connectivity index (χ3n) is 6.00. The average molecular weight is 462 g/mol. The maximum Gasteiger partial charge on any atom is 0.410 e. The summed E-state index contributed by atoms with van der Waals surface area (Å²) in [5, 5.41) is 13.9. The number of fused-ring (bicyclic) bond motifs is 2. The van der Waals surface area contributed by atoms with Crippen LogP contribution in [0.2, 0.25) is 0 Å². The van der Waals surface area contributed by atoms with Crippen LogP contribution in [0.25, 0.3) is 0 Å². The highest BCUT2D eigenvalue weighted by atomic mass is 19.4. The normalized spacial score (nSPS) is 19.2. The van der Waals surface area contributed by atoms with Gasteiger partial charge in [0.05, 0.1) is 12.2 Å². The lowest BCUT2D eigenvalue weighted by atomic mass is 9.96. The van der Waals surface area contributed by atoms with Crippen LogP contribution < -0.4 is 20.1 Å². The monoisotopic (exact) mass is 462 g/mol. The van der Waals surface area contributed by atoms with E-state index in [2.05, 4.69) is 20.8 Å². The maximum atomic E-state index is 13.9. The summed E-state index contributed by atoms with van der Waals surface area (Å²) in [7, 11) is 1.78. The molecule has 0 aliphatic carbocycles. The maximum absolute atomic E-state index is 13.9. The van der Waals surface area contributed by atoms with Crippen LogP contribution in [0.1, 0.15) is 45.8 Å². The van der Waals surface area contributed by atoms with Crippen molar-refractivity contribution in [3.05, 3.63) is 53.0 Å². The van der Waals surface area contributed by atoms with Crippen LogP contribution in [-0.2, 0) is 13.6 Å². The molecule has 12 heteroatoms. The molecule has 1 aromatic carbocycles. The minimum atomic E-state index is -4.54. The second-order valence-corrected chi connectivity index (χ2v) is 8.02. The van der Waals surface area contributed by atoms with Crippen LogP contribution in [-0.4, -0.2) is 38.4 Å². The third kappa shape index (κ3) is 3.85. The fourth-order valence-corrected chi connectivity index (χ4v) is 4.02. The number of hydrogen-bond donors (Lipinski definition) is 2. The number of anilines is 1. The number of aryl methyl sites for hydroxylation is 1. The summed E-state index contributed by atoms with van der Waals surface area (Å²) in [4.78, 5) is 12.6. The molecule has 174 valence electrons. The number of alkyl halides is 3. The van der Waals surface area contributed by atoms with E-state index < -0.39 is 24.2 Å². The Labute approximate surface area is 186 Å². The van der Waals surface area contributed by atoms with E-state index in [1.54, 1.807) is 36.1 Å². The number of rotatable bonds is 4. The van der Waals surface area contributed by atoms with Gasteiger partial charge in [-0.2, -0.15) is 23.4 Å². The number of hydrogen-bond acceptors (Lipinski definition) is 6. The molecule has 0 unspecified atom stereocenters. The molecule has 2 N–H and O–H groups in total. The van der Waals surface area contributed by atoms with Crippen molar-refractivity contribution in [2.75, 3.05) is 12.1 Å². The van der Waals surface area contributed by atoms with Gasteiger partial charge in [-0.05, 0) is 24.6 Å². The summed E-state index contributed by atoms with van der Waals surface area (Å²) < 4.78 is 54.9. The number of nitrogens with one attached hydrogen (secondary N) is 2. The summed E-state index contributed by atoms with van der Waals surface area (Å²) >= 11 is 0. The van der Waals surface area contributed by atoms with E-state index in [1.807, 2.05) is 6.92 Å². The second kappa shape index (κ2) is 7.71. The molecule has 3 aromatic rings. The van der Waals surface area contributed by atoms with Gasteiger partial charge >= 0.3 is 6.18 Å². The molecule has 0 saturated heterocycles. The third-order valence-corrected chi connectivity index (χ3v) is 6.00. The fraction of sp³-hybridized carbons (Fsp3) is 0.381. The first-order chi connectivity index (χ1) is 15.7. The van der Waals surface area contributed by atoms with E-state index in [1.165, 1.54) is 6.07 Å². The van der Waals surface area contributed by atoms with E-state index in [4.69, 9.17) is 9.47 Å². The van der Waals surface area contributed by atoms with Gasteiger partial charge in [0.1, 0.15) is 5.82 Å². The zero-order valence-electron chi connectivity index (χ0n) is 17.8. The first kappa shape index (κ1) is 21.2. The highest BCUT2D eigenvalue weighted by molar-refractivity contribution is 5.93. The Bertz CT molecular complexity index is 1220. The Kier molecular flexibility index (Phi) is 4.94. The van der Waals surface area contributed by atoms with Crippen molar-refractivity contribution in [2.24, 2.45) is 7.05 Å². The Morgan fingerprint density at radius 3 is 2.79 bits per heavy atom. The predicted molar refractivity (Wildman–Crippen MR) is 110 cm³/mol. The molecule has 33 heavy (non-hydrogen) atoms. The number of benzene rings is 1. The number of carbonyl (C=O) groups excluding carboxylic acids is 1. The van der Waals surface area contributed by atoms with Gasteiger partial charge in [0, 0.05) is 37.3 Å². The lowest BCUT2D eigenvalue weighted by Gasteiger charge is -2.33. The quantitative estimate of drug-likeness (QED) is 0.618. The molecule has 4 heterocycles. The second-order valence-electron chi connectivity index (χ2n) is 8.02. The molecule has 0 spiro atoms. The number of amides is 1. The van der Waals surface area contributed by atoms with Crippen LogP contribution in [0, 0.1) is 6.92 Å². The van der Waals surface area contributed by atoms with Crippen molar-refractivity contribution in [3.8, 4) is 11.5 Å². The lowest BCUT2D eigenvalue weighted by Crippen LogP contribution is -2.35. The van der Waals surface area contributed by atoms with Crippen molar-refractivity contribution in [1.29, 1.82) is 0 Å². The summed E-state index contributed by atoms with van der Waals surface area (Å²) in [6, 6.07) is 3.85. The summed E-state index contributed by atoms with van der Waals surface area (Å²) in [5.74, 6) is 0.592. The molecule has 0 radical (unpaired) electrons. The standard InChI is InChI=1S/C21H21F3N6O3/c1-11-13(9-26-29(11)2)8-25-20(31)15-7-19-27-14(6-18(21(22,23)24)30(19)28-15)12-3-4-16-17(5-12)33-10-32-16/h3-5,7,9,14,18,27H,6,8,10H2,1-2H3,(H,25,31)/t14-,18+/m0/s1. The lowest BCUT2D eigenvalue weighted by molar-refractivity contribution is -0.173. The average Bonchev–Trinajstić information content (AvgIpc) is 3.49. The van der Waals surface area contributed by atoms with Gasteiger partial charge in [-0.15, -0.1) is 0 Å². The Morgan fingerprint density at radius 2 is 2.06 bits per heavy atom. The van der Waals surface area contributed by atoms with E-state index in [-0.39, 0.29) is 31.3 Å². The van der Waals surface area contributed by atoms with E-state index in [9.17, 15) is 18.0 Å². The molecular weight excluding hydrogens is 441 g/mol. The Balaban J connectivity index is 1.39. The van der Waals surface area contributed by atoms with Crippen molar-refractivity contribution in [2.45, 2.75) is 38.1 Å². The van der Waals surface area contributed by atoms with Gasteiger partial charge in [0.25, 0.3) is 5.91 Å².